The molecule has 3 rings (SSSR count). The lowest BCUT2D eigenvalue weighted by Crippen LogP contribution is -2.40. The number of hydrogen-bond acceptors (Lipinski definition) is 5. The third-order valence-corrected chi connectivity index (χ3v) is 5.80. The number of hydrogen-bond donors (Lipinski definition) is 4. The van der Waals surface area contributed by atoms with E-state index in [0.29, 0.717) is 34.6 Å². The monoisotopic (exact) mass is 485 g/mol. The highest BCUT2D eigenvalue weighted by molar-refractivity contribution is 6.04. The zero-order valence-corrected chi connectivity index (χ0v) is 19.9. The quantitative estimate of drug-likeness (QED) is 0.339. The molecule has 9 heteroatoms. The third-order valence-electron chi connectivity index (χ3n) is 5.80. The van der Waals surface area contributed by atoms with Gasteiger partial charge in [0.05, 0.1) is 22.6 Å². The van der Waals surface area contributed by atoms with E-state index < -0.39 is 17.8 Å². The highest BCUT2D eigenvalue weighted by Crippen LogP contribution is 2.38. The van der Waals surface area contributed by atoms with Crippen molar-refractivity contribution in [1.82, 2.24) is 0 Å². The van der Waals surface area contributed by atoms with Crippen LogP contribution >= 0.6 is 0 Å². The summed E-state index contributed by atoms with van der Waals surface area (Å²) in [6, 6.07) is 16.9. The molecule has 5 N–H and O–H groups in total. The maximum absolute atomic E-state index is 13.7. The highest BCUT2D eigenvalue weighted by Gasteiger charge is 2.30. The molecule has 186 valence electrons. The number of alkyl halides is 3. The van der Waals surface area contributed by atoms with Crippen molar-refractivity contribution in [3.05, 3.63) is 83.4 Å². The smallest absolute Gasteiger partial charge is 0.388 e. The molecule has 0 aliphatic carbocycles. The van der Waals surface area contributed by atoms with Crippen LogP contribution in [0.3, 0.4) is 0 Å². The second-order valence-electron chi connectivity index (χ2n) is 7.99. The molecule has 0 aromatic heterocycles. The summed E-state index contributed by atoms with van der Waals surface area (Å²) < 4.78 is 38.9. The second kappa shape index (κ2) is 11.1. The van der Waals surface area contributed by atoms with Crippen molar-refractivity contribution in [2.75, 3.05) is 48.5 Å². The number of nitrogens with zero attached hydrogens (tertiary/aromatic N) is 1. The summed E-state index contributed by atoms with van der Waals surface area (Å²) in [4.78, 5) is 15.3. The van der Waals surface area contributed by atoms with Crippen molar-refractivity contribution in [1.29, 1.82) is 0 Å². The van der Waals surface area contributed by atoms with Crippen LogP contribution < -0.4 is 26.6 Å². The van der Waals surface area contributed by atoms with Gasteiger partial charge in [-0.2, -0.15) is 13.2 Å². The van der Waals surface area contributed by atoms with E-state index in [1.165, 1.54) is 12.1 Å². The summed E-state index contributed by atoms with van der Waals surface area (Å²) >= 11 is 0. The van der Waals surface area contributed by atoms with Crippen molar-refractivity contribution >= 4 is 28.7 Å². The van der Waals surface area contributed by atoms with Crippen LogP contribution in [-0.4, -0.2) is 33.6 Å². The molecule has 3 aromatic rings. The number of benzene rings is 3. The molecule has 0 aliphatic rings. The van der Waals surface area contributed by atoms with Gasteiger partial charge in [-0.1, -0.05) is 42.5 Å². The van der Waals surface area contributed by atoms with Crippen molar-refractivity contribution in [3.63, 3.8) is 0 Å². The van der Waals surface area contributed by atoms with E-state index in [1.54, 1.807) is 38.2 Å². The predicted molar refractivity (Wildman–Crippen MR) is 136 cm³/mol. The lowest BCUT2D eigenvalue weighted by atomic mass is 10.0. The van der Waals surface area contributed by atoms with Crippen LogP contribution in [0.1, 0.15) is 22.7 Å². The number of carbonyl (C=O) groups is 1. The average Bonchev–Trinajstić information content (AvgIpc) is 2.88. The Kier molecular flexibility index (Phi) is 8.24. The maximum Gasteiger partial charge on any atom is 0.416 e. The van der Waals surface area contributed by atoms with E-state index in [-0.39, 0.29) is 12.5 Å². The Morgan fingerprint density at radius 2 is 1.49 bits per heavy atom. The summed E-state index contributed by atoms with van der Waals surface area (Å²) in [5, 5.41) is 9.38. The van der Waals surface area contributed by atoms with Crippen LogP contribution in [0, 0.1) is 0 Å². The Morgan fingerprint density at radius 1 is 0.914 bits per heavy atom. The van der Waals surface area contributed by atoms with E-state index in [9.17, 15) is 18.0 Å². The molecule has 1 unspecified atom stereocenters. The fraction of sp³-hybridized carbons (Fsp3) is 0.269. The SMILES string of the molecule is CNc1cc(NC)c(N(CCc2ccc(C(F)(F)F)cc2)C(=O)C(N)c2ccccc2)c(NC)c1. The van der Waals surface area contributed by atoms with Gasteiger partial charge in [-0.25, -0.2) is 0 Å². The first kappa shape index (κ1) is 25.9. The van der Waals surface area contributed by atoms with Crippen LogP contribution in [-0.2, 0) is 17.4 Å². The van der Waals surface area contributed by atoms with Crippen LogP contribution in [0.2, 0.25) is 0 Å². The van der Waals surface area contributed by atoms with E-state index in [4.69, 9.17) is 5.73 Å². The summed E-state index contributed by atoms with van der Waals surface area (Å²) in [6.07, 6.45) is -4.06. The van der Waals surface area contributed by atoms with Gasteiger partial charge in [0.1, 0.15) is 6.04 Å². The zero-order chi connectivity index (χ0) is 25.6. The highest BCUT2D eigenvalue weighted by atomic mass is 19.4. The first-order valence-corrected chi connectivity index (χ1v) is 11.2. The zero-order valence-electron chi connectivity index (χ0n) is 19.9. The van der Waals surface area contributed by atoms with Crippen LogP contribution in [0.5, 0.6) is 0 Å². The van der Waals surface area contributed by atoms with Crippen LogP contribution in [0.25, 0.3) is 0 Å². The predicted octanol–water partition coefficient (Wildman–Crippen LogP) is 5.11. The summed E-state index contributed by atoms with van der Waals surface area (Å²) in [5.41, 5.74) is 9.85. The minimum Gasteiger partial charge on any atom is -0.388 e. The van der Waals surface area contributed by atoms with Gasteiger partial charge < -0.3 is 26.6 Å². The minimum atomic E-state index is -4.40. The number of nitrogens with one attached hydrogen (secondary N) is 3. The molecule has 1 atom stereocenters. The molecule has 35 heavy (non-hydrogen) atoms. The molecule has 0 saturated carbocycles. The van der Waals surface area contributed by atoms with E-state index in [2.05, 4.69) is 16.0 Å². The molecule has 0 fully saturated rings. The van der Waals surface area contributed by atoms with Crippen LogP contribution in [0.4, 0.5) is 35.9 Å². The standard InChI is InChI=1S/C26H30F3N5O/c1-31-20-15-21(32-2)24(22(16-20)33-3)34(25(35)23(30)18-7-5-4-6-8-18)14-13-17-9-11-19(12-10-17)26(27,28)29/h4-12,15-16,23,31-33H,13-14,30H2,1-3H3. The largest absolute Gasteiger partial charge is 0.416 e. The maximum atomic E-state index is 13.7. The molecule has 0 saturated heterocycles. The van der Waals surface area contributed by atoms with Gasteiger partial charge in [0.2, 0.25) is 5.91 Å². The molecular weight excluding hydrogens is 455 g/mol. The van der Waals surface area contributed by atoms with Crippen LogP contribution in [0.15, 0.2) is 66.7 Å². The fourth-order valence-corrected chi connectivity index (χ4v) is 3.86. The number of halogens is 3. The molecule has 0 heterocycles. The molecule has 0 aliphatic heterocycles. The van der Waals surface area contributed by atoms with Gasteiger partial charge >= 0.3 is 6.18 Å². The summed E-state index contributed by atoms with van der Waals surface area (Å²) in [7, 11) is 5.31. The Hall–Kier alpha value is -3.72. The van der Waals surface area contributed by atoms with Crippen molar-refractivity contribution in [2.24, 2.45) is 5.73 Å². The third kappa shape index (κ3) is 6.05. The summed E-state index contributed by atoms with van der Waals surface area (Å²) in [6.45, 7) is 0.215. The lowest BCUT2D eigenvalue weighted by Gasteiger charge is -2.30. The molecule has 0 bridgehead atoms. The van der Waals surface area contributed by atoms with Crippen molar-refractivity contribution in [3.8, 4) is 0 Å². The fourth-order valence-electron chi connectivity index (χ4n) is 3.86. The van der Waals surface area contributed by atoms with Gasteiger partial charge in [0, 0.05) is 33.4 Å². The number of carbonyl (C=O) groups excluding carboxylic acids is 1. The van der Waals surface area contributed by atoms with Gasteiger partial charge in [0.15, 0.2) is 0 Å². The molecule has 0 radical (unpaired) electrons. The molecular formula is C26H30F3N5O. The molecule has 0 spiro atoms. The normalized spacial score (nSPS) is 12.1. The van der Waals surface area contributed by atoms with Gasteiger partial charge in [0.25, 0.3) is 0 Å². The van der Waals surface area contributed by atoms with E-state index in [1.807, 2.05) is 30.3 Å². The number of rotatable bonds is 9. The summed E-state index contributed by atoms with van der Waals surface area (Å²) in [5.74, 6) is -0.326. The number of amides is 1. The second-order valence-corrected chi connectivity index (χ2v) is 7.99. The average molecular weight is 486 g/mol. The van der Waals surface area contributed by atoms with E-state index >= 15 is 0 Å². The Morgan fingerprint density at radius 3 is 1.97 bits per heavy atom. The Balaban J connectivity index is 2.00. The van der Waals surface area contributed by atoms with Gasteiger partial charge in [-0.05, 0) is 41.8 Å². The van der Waals surface area contributed by atoms with Gasteiger partial charge in [-0.15, -0.1) is 0 Å². The lowest BCUT2D eigenvalue weighted by molar-refractivity contribution is -0.137. The van der Waals surface area contributed by atoms with E-state index in [0.717, 1.165) is 17.8 Å². The Bertz CT molecular complexity index is 1110. The Labute approximate surface area is 203 Å². The minimum absolute atomic E-state index is 0.215. The van der Waals surface area contributed by atoms with Crippen molar-refractivity contribution < 1.29 is 18.0 Å². The van der Waals surface area contributed by atoms with Gasteiger partial charge in [-0.3, -0.25) is 4.79 Å². The molecule has 1 amide bonds. The number of anilines is 4. The molecule has 6 nitrogen and oxygen atoms in total. The topological polar surface area (TPSA) is 82.4 Å². The molecule has 3 aromatic carbocycles. The van der Waals surface area contributed by atoms with Crippen molar-refractivity contribution in [2.45, 2.75) is 18.6 Å². The number of nitrogens with two attached hydrogens (primary N) is 1. The first-order chi connectivity index (χ1) is 16.7. The first-order valence-electron chi connectivity index (χ1n) is 11.2.